The van der Waals surface area contributed by atoms with Gasteiger partial charge in [0.2, 0.25) is 0 Å². The average Bonchev–Trinajstić information content (AvgIpc) is 2.70. The van der Waals surface area contributed by atoms with Crippen molar-refractivity contribution in [1.29, 1.82) is 0 Å². The van der Waals surface area contributed by atoms with Gasteiger partial charge in [-0.15, -0.1) is 12.8 Å². The van der Waals surface area contributed by atoms with Crippen LogP contribution in [-0.2, 0) is 19.5 Å². The van der Waals surface area contributed by atoms with Crippen LogP contribution in [0.1, 0.15) is 43.4 Å². The van der Waals surface area contributed by atoms with Gasteiger partial charge in [-0.3, -0.25) is 4.90 Å². The summed E-state index contributed by atoms with van der Waals surface area (Å²) >= 11 is 3.73. The summed E-state index contributed by atoms with van der Waals surface area (Å²) in [5, 5.41) is 0. The normalized spacial score (nSPS) is 11.9. The first kappa shape index (κ1) is 24.4. The van der Waals surface area contributed by atoms with E-state index in [1.54, 1.807) is 0 Å². The van der Waals surface area contributed by atoms with Crippen molar-refractivity contribution in [1.82, 2.24) is 9.80 Å². The molecule has 0 aliphatic rings. The highest BCUT2D eigenvalue weighted by atomic mass is 79.9. The summed E-state index contributed by atoms with van der Waals surface area (Å²) in [5.41, 5.74) is 4.19. The molecule has 0 fully saturated rings. The Morgan fingerprint density at radius 3 is 2.21 bits per heavy atom. The molecule has 0 spiro atoms. The molecule has 3 heteroatoms. The van der Waals surface area contributed by atoms with Crippen LogP contribution in [0.2, 0.25) is 0 Å². The Bertz CT molecular complexity index is 708. The molecule has 28 heavy (non-hydrogen) atoms. The molecule has 0 aliphatic heterocycles. The second-order valence-electron chi connectivity index (χ2n) is 7.37. The highest BCUT2D eigenvalue weighted by molar-refractivity contribution is 9.10. The first-order valence-corrected chi connectivity index (χ1v) is 10.9. The summed E-state index contributed by atoms with van der Waals surface area (Å²) in [5.74, 6) is 0. The Morgan fingerprint density at radius 1 is 0.929 bits per heavy atom. The van der Waals surface area contributed by atoms with Gasteiger partial charge in [0, 0.05) is 30.1 Å². The monoisotopic (exact) mass is 442 g/mol. The fourth-order valence-corrected chi connectivity index (χ4v) is 3.90. The molecule has 2 rings (SSSR count). The van der Waals surface area contributed by atoms with Crippen molar-refractivity contribution in [2.45, 2.75) is 52.2 Å². The first-order chi connectivity index (χ1) is 13.5. The maximum atomic E-state index is 4.00. The van der Waals surface area contributed by atoms with Crippen LogP contribution in [0.25, 0.3) is 0 Å². The number of halogens is 1. The maximum absolute atomic E-state index is 4.00. The lowest BCUT2D eigenvalue weighted by Crippen LogP contribution is -2.41. The van der Waals surface area contributed by atoms with Crippen LogP contribution in [0.4, 0.5) is 0 Å². The summed E-state index contributed by atoms with van der Waals surface area (Å²) in [7, 11) is 4.36. The highest BCUT2D eigenvalue weighted by Crippen LogP contribution is 2.22. The summed E-state index contributed by atoms with van der Waals surface area (Å²) in [6, 6.07) is 18.2. The number of benzene rings is 2. The molecule has 0 heterocycles. The Kier molecular flexibility index (Phi) is 11.8. The molecule has 0 aliphatic carbocycles. The lowest BCUT2D eigenvalue weighted by Gasteiger charge is -2.34. The Labute approximate surface area is 181 Å². The van der Waals surface area contributed by atoms with Gasteiger partial charge >= 0.3 is 0 Å². The lowest BCUT2D eigenvalue weighted by molar-refractivity contribution is 0.137. The van der Waals surface area contributed by atoms with Crippen LogP contribution in [0, 0.1) is 12.8 Å². The molecular formula is C25H35BrN2. The number of rotatable bonds is 10. The molecule has 0 saturated carbocycles. The highest BCUT2D eigenvalue weighted by Gasteiger charge is 2.20. The number of hydrogen-bond donors (Lipinski definition) is 0. The van der Waals surface area contributed by atoms with E-state index in [1.165, 1.54) is 34.0 Å². The molecule has 1 atom stereocenters. The van der Waals surface area contributed by atoms with Crippen molar-refractivity contribution in [2.24, 2.45) is 0 Å². The number of nitrogens with zero attached hydrogens (tertiary/aromatic N) is 2. The third-order valence-corrected chi connectivity index (χ3v) is 5.60. The molecule has 2 aromatic carbocycles. The van der Waals surface area contributed by atoms with Crippen LogP contribution in [0.15, 0.2) is 53.0 Å². The largest absolute Gasteiger partial charge is 0.308 e. The molecule has 0 N–H and O–H groups in total. The molecule has 0 radical (unpaired) electrons. The lowest BCUT2D eigenvalue weighted by atomic mass is 10.0. The van der Waals surface area contributed by atoms with E-state index in [0.29, 0.717) is 6.04 Å². The third kappa shape index (κ3) is 8.19. The van der Waals surface area contributed by atoms with Gasteiger partial charge in [0.05, 0.1) is 0 Å². The van der Waals surface area contributed by atoms with Gasteiger partial charge in [-0.05, 0) is 49.7 Å². The van der Waals surface area contributed by atoms with Crippen molar-refractivity contribution < 1.29 is 0 Å². The summed E-state index contributed by atoms with van der Waals surface area (Å²) in [6.45, 7) is 7.57. The summed E-state index contributed by atoms with van der Waals surface area (Å²) in [4.78, 5) is 4.97. The SMILES string of the molecule is C#C.CCC[C@@H](CN(C)C)N(Cc1cccc(CC)c1)Cc1ccccc1Br. The zero-order valence-corrected chi connectivity index (χ0v) is 19.5. The fraction of sp³-hybridized carbons (Fsp3) is 0.440. The zero-order valence-electron chi connectivity index (χ0n) is 17.9. The van der Waals surface area contributed by atoms with E-state index in [1.807, 2.05) is 0 Å². The molecule has 2 aromatic rings. The quantitative estimate of drug-likeness (QED) is 0.416. The van der Waals surface area contributed by atoms with E-state index in [4.69, 9.17) is 0 Å². The van der Waals surface area contributed by atoms with Crippen molar-refractivity contribution in [3.05, 3.63) is 69.7 Å². The fourth-order valence-electron chi connectivity index (χ4n) is 3.49. The number of hydrogen-bond acceptors (Lipinski definition) is 2. The number of aryl methyl sites for hydroxylation is 1. The van der Waals surface area contributed by atoms with Gasteiger partial charge in [-0.25, -0.2) is 0 Å². The molecular weight excluding hydrogens is 408 g/mol. The topological polar surface area (TPSA) is 6.48 Å². The predicted molar refractivity (Wildman–Crippen MR) is 126 cm³/mol. The van der Waals surface area contributed by atoms with E-state index >= 15 is 0 Å². The average molecular weight is 443 g/mol. The summed E-state index contributed by atoms with van der Waals surface area (Å²) < 4.78 is 1.20. The molecule has 0 amide bonds. The zero-order chi connectivity index (χ0) is 20.9. The van der Waals surface area contributed by atoms with E-state index in [9.17, 15) is 0 Å². The van der Waals surface area contributed by atoms with E-state index < -0.39 is 0 Å². The van der Waals surface area contributed by atoms with Gasteiger partial charge in [0.25, 0.3) is 0 Å². The molecule has 152 valence electrons. The molecule has 0 unspecified atom stereocenters. The molecule has 2 nitrogen and oxygen atoms in total. The Balaban J connectivity index is 0.00000190. The summed E-state index contributed by atoms with van der Waals surface area (Å²) in [6.07, 6.45) is 11.5. The maximum Gasteiger partial charge on any atom is 0.0251 e. The standard InChI is InChI=1S/C23H33BrN2.C2H2/c1-5-10-22(18-25(3)4)26(17-21-13-7-8-14-23(21)24)16-20-12-9-11-19(6-2)15-20;1-2/h7-9,11-15,22H,5-6,10,16-18H2,1-4H3;1-2H/t22-;/m0./s1. The number of terminal acetylenes is 1. The van der Waals surface area contributed by atoms with Crippen LogP contribution in [0.3, 0.4) is 0 Å². The minimum atomic E-state index is 0.549. The predicted octanol–water partition coefficient (Wildman–Crippen LogP) is 5.99. The van der Waals surface area contributed by atoms with Crippen molar-refractivity contribution in [2.75, 3.05) is 20.6 Å². The minimum absolute atomic E-state index is 0.549. The second-order valence-corrected chi connectivity index (χ2v) is 8.23. The smallest absolute Gasteiger partial charge is 0.0251 e. The van der Waals surface area contributed by atoms with Gasteiger partial charge < -0.3 is 4.90 Å². The van der Waals surface area contributed by atoms with Gasteiger partial charge in [-0.2, -0.15) is 0 Å². The van der Waals surface area contributed by atoms with Crippen molar-refractivity contribution in [3.63, 3.8) is 0 Å². The van der Waals surface area contributed by atoms with Gasteiger partial charge in [0.15, 0.2) is 0 Å². The number of likely N-dealkylation sites (N-methyl/N-ethyl adjacent to an activating group) is 1. The van der Waals surface area contributed by atoms with Crippen molar-refractivity contribution in [3.8, 4) is 12.8 Å². The minimum Gasteiger partial charge on any atom is -0.308 e. The van der Waals surface area contributed by atoms with E-state index in [2.05, 4.69) is 115 Å². The first-order valence-electron chi connectivity index (χ1n) is 10.1. The Morgan fingerprint density at radius 2 is 1.61 bits per heavy atom. The Hall–Kier alpha value is -1.60. The van der Waals surface area contributed by atoms with Crippen LogP contribution in [-0.4, -0.2) is 36.5 Å². The second kappa shape index (κ2) is 13.6. The van der Waals surface area contributed by atoms with Gasteiger partial charge in [-0.1, -0.05) is 78.7 Å². The van der Waals surface area contributed by atoms with E-state index in [0.717, 1.165) is 26.1 Å². The van der Waals surface area contributed by atoms with E-state index in [-0.39, 0.29) is 0 Å². The van der Waals surface area contributed by atoms with Crippen LogP contribution < -0.4 is 0 Å². The molecule has 0 aromatic heterocycles. The van der Waals surface area contributed by atoms with Gasteiger partial charge in [0.1, 0.15) is 0 Å². The molecule has 0 bridgehead atoms. The van der Waals surface area contributed by atoms with Crippen LogP contribution in [0.5, 0.6) is 0 Å². The molecule has 0 saturated heterocycles. The van der Waals surface area contributed by atoms with Crippen molar-refractivity contribution >= 4 is 15.9 Å². The third-order valence-electron chi connectivity index (χ3n) is 4.83. The van der Waals surface area contributed by atoms with Crippen LogP contribution >= 0.6 is 15.9 Å².